The van der Waals surface area contributed by atoms with Crippen LogP contribution in [0.15, 0.2) is 35.1 Å². The molecular weight excluding hydrogens is 276 g/mol. The van der Waals surface area contributed by atoms with Gasteiger partial charge in [0, 0.05) is 25.3 Å². The van der Waals surface area contributed by atoms with Crippen molar-refractivity contribution in [3.8, 4) is 11.3 Å². The van der Waals surface area contributed by atoms with E-state index in [2.05, 4.69) is 26.0 Å². The lowest BCUT2D eigenvalue weighted by Crippen LogP contribution is -2.29. The van der Waals surface area contributed by atoms with Crippen LogP contribution in [0, 0.1) is 13.8 Å². The molecule has 1 aromatic heterocycles. The molecule has 1 aromatic carbocycles. The second-order valence-electron chi connectivity index (χ2n) is 5.71. The van der Waals surface area contributed by atoms with E-state index in [1.165, 1.54) is 11.1 Å². The summed E-state index contributed by atoms with van der Waals surface area (Å²) in [4.78, 5) is 12.7. The molecule has 0 spiro atoms. The fourth-order valence-electron chi connectivity index (χ4n) is 2.50. The van der Waals surface area contributed by atoms with Crippen LogP contribution < -0.4 is 11.3 Å². The second-order valence-corrected chi connectivity index (χ2v) is 5.71. The van der Waals surface area contributed by atoms with Crippen molar-refractivity contribution in [2.45, 2.75) is 33.4 Å². The van der Waals surface area contributed by atoms with Gasteiger partial charge in [0.15, 0.2) is 0 Å². The number of benzene rings is 1. The van der Waals surface area contributed by atoms with Crippen molar-refractivity contribution in [1.82, 2.24) is 4.57 Å². The zero-order valence-electron chi connectivity index (χ0n) is 13.7. The number of ether oxygens (including phenoxy) is 1. The third kappa shape index (κ3) is 3.29. The Morgan fingerprint density at radius 1 is 1.18 bits per heavy atom. The van der Waals surface area contributed by atoms with Crippen molar-refractivity contribution < 1.29 is 4.74 Å². The highest BCUT2D eigenvalue weighted by molar-refractivity contribution is 5.62. The monoisotopic (exact) mass is 300 g/mol. The molecule has 0 amide bonds. The Morgan fingerprint density at radius 2 is 1.91 bits per heavy atom. The Kier molecular flexibility index (Phi) is 5.16. The van der Waals surface area contributed by atoms with Gasteiger partial charge in [-0.05, 0) is 55.7 Å². The summed E-state index contributed by atoms with van der Waals surface area (Å²) in [5, 5.41) is 0. The minimum absolute atomic E-state index is 0.0391. The highest BCUT2D eigenvalue weighted by atomic mass is 16.5. The normalized spacial score (nSPS) is 12.4. The van der Waals surface area contributed by atoms with Crippen molar-refractivity contribution >= 4 is 0 Å². The molecule has 1 unspecified atom stereocenters. The number of nitrogens with two attached hydrogens (primary N) is 1. The van der Waals surface area contributed by atoms with Crippen molar-refractivity contribution in [3.05, 3.63) is 57.4 Å². The van der Waals surface area contributed by atoms with Gasteiger partial charge in [-0.25, -0.2) is 0 Å². The number of methoxy groups -OCH3 is 1. The molecule has 4 heteroatoms. The van der Waals surface area contributed by atoms with Crippen molar-refractivity contribution in [2.24, 2.45) is 5.73 Å². The van der Waals surface area contributed by atoms with E-state index in [1.54, 1.807) is 11.7 Å². The average molecular weight is 300 g/mol. The molecule has 0 saturated heterocycles. The summed E-state index contributed by atoms with van der Waals surface area (Å²) in [7, 11) is 1.64. The Morgan fingerprint density at radius 3 is 2.50 bits per heavy atom. The van der Waals surface area contributed by atoms with Gasteiger partial charge in [0.25, 0.3) is 5.56 Å². The predicted octanol–water partition coefficient (Wildman–Crippen LogP) is 2.80. The molecule has 4 nitrogen and oxygen atoms in total. The molecule has 1 heterocycles. The van der Waals surface area contributed by atoms with E-state index in [0.717, 1.165) is 11.3 Å². The SMILES string of the molecule is COCCn1c(-c2ccc(C)c(C)c2)ccc(C(C)N)c1=O. The molecule has 0 bridgehead atoms. The molecule has 22 heavy (non-hydrogen) atoms. The molecule has 0 aliphatic rings. The first kappa shape index (κ1) is 16.5. The van der Waals surface area contributed by atoms with Crippen LogP contribution in [0.1, 0.15) is 29.7 Å². The summed E-state index contributed by atoms with van der Waals surface area (Å²) in [5.74, 6) is 0. The molecule has 0 saturated carbocycles. The lowest BCUT2D eigenvalue weighted by molar-refractivity contribution is 0.186. The van der Waals surface area contributed by atoms with Gasteiger partial charge in [0.1, 0.15) is 0 Å². The molecule has 2 aromatic rings. The summed E-state index contributed by atoms with van der Waals surface area (Å²) in [5.41, 5.74) is 10.9. The maximum Gasteiger partial charge on any atom is 0.255 e. The van der Waals surface area contributed by atoms with Crippen LogP contribution in [0.3, 0.4) is 0 Å². The number of nitrogens with zero attached hydrogens (tertiary/aromatic N) is 1. The van der Waals surface area contributed by atoms with Gasteiger partial charge in [-0.2, -0.15) is 0 Å². The number of hydrogen-bond acceptors (Lipinski definition) is 3. The summed E-state index contributed by atoms with van der Waals surface area (Å²) >= 11 is 0. The van der Waals surface area contributed by atoms with Crippen LogP contribution in [0.4, 0.5) is 0 Å². The summed E-state index contributed by atoms with van der Waals surface area (Å²) in [6.07, 6.45) is 0. The molecule has 118 valence electrons. The zero-order valence-corrected chi connectivity index (χ0v) is 13.7. The number of rotatable bonds is 5. The molecule has 0 aliphatic carbocycles. The van der Waals surface area contributed by atoms with Crippen LogP contribution in [-0.4, -0.2) is 18.3 Å². The second kappa shape index (κ2) is 6.90. The summed E-state index contributed by atoms with van der Waals surface area (Å²) < 4.78 is 6.90. The van der Waals surface area contributed by atoms with E-state index >= 15 is 0 Å². The Labute approximate surface area is 131 Å². The van der Waals surface area contributed by atoms with Gasteiger partial charge in [-0.3, -0.25) is 4.79 Å². The molecule has 2 rings (SSSR count). The van der Waals surface area contributed by atoms with Gasteiger partial charge in [-0.1, -0.05) is 12.1 Å². The van der Waals surface area contributed by atoms with Crippen molar-refractivity contribution in [2.75, 3.05) is 13.7 Å². The summed E-state index contributed by atoms with van der Waals surface area (Å²) in [6.45, 7) is 6.98. The maximum atomic E-state index is 12.7. The molecule has 2 N–H and O–H groups in total. The van der Waals surface area contributed by atoms with Crippen molar-refractivity contribution in [1.29, 1.82) is 0 Å². The highest BCUT2D eigenvalue weighted by Crippen LogP contribution is 2.22. The molecular formula is C18H24N2O2. The van der Waals surface area contributed by atoms with Crippen LogP contribution in [0.25, 0.3) is 11.3 Å². The number of aromatic nitrogens is 1. The van der Waals surface area contributed by atoms with E-state index in [1.807, 2.05) is 25.1 Å². The number of aryl methyl sites for hydroxylation is 2. The smallest absolute Gasteiger partial charge is 0.255 e. The largest absolute Gasteiger partial charge is 0.383 e. The van der Waals surface area contributed by atoms with Gasteiger partial charge in [-0.15, -0.1) is 0 Å². The minimum Gasteiger partial charge on any atom is -0.383 e. The summed E-state index contributed by atoms with van der Waals surface area (Å²) in [6, 6.07) is 9.76. The molecule has 0 radical (unpaired) electrons. The lowest BCUT2D eigenvalue weighted by atomic mass is 10.0. The molecule has 0 fully saturated rings. The van der Waals surface area contributed by atoms with Crippen molar-refractivity contribution in [3.63, 3.8) is 0 Å². The first-order chi connectivity index (χ1) is 10.5. The molecule has 1 atom stereocenters. The van der Waals surface area contributed by atoms with Gasteiger partial charge >= 0.3 is 0 Å². The zero-order chi connectivity index (χ0) is 16.3. The fourth-order valence-corrected chi connectivity index (χ4v) is 2.50. The first-order valence-corrected chi connectivity index (χ1v) is 7.51. The Balaban J connectivity index is 2.61. The van der Waals surface area contributed by atoms with Crippen LogP contribution in [0.5, 0.6) is 0 Å². The predicted molar refractivity (Wildman–Crippen MR) is 90.1 cm³/mol. The minimum atomic E-state index is -0.282. The van der Waals surface area contributed by atoms with E-state index in [4.69, 9.17) is 10.5 Å². The first-order valence-electron chi connectivity index (χ1n) is 7.51. The Hall–Kier alpha value is -1.91. The van der Waals surface area contributed by atoms with Gasteiger partial charge < -0.3 is 15.0 Å². The third-order valence-electron chi connectivity index (χ3n) is 4.02. The standard InChI is InChI=1S/C18H24N2O2/c1-12-5-6-15(11-13(12)2)17-8-7-16(14(3)19)18(21)20(17)9-10-22-4/h5-8,11,14H,9-10,19H2,1-4H3. The number of pyridine rings is 1. The lowest BCUT2D eigenvalue weighted by Gasteiger charge is -2.16. The van der Waals surface area contributed by atoms with Gasteiger partial charge in [0.05, 0.1) is 12.3 Å². The van der Waals surface area contributed by atoms with E-state index in [9.17, 15) is 4.79 Å². The number of hydrogen-bond donors (Lipinski definition) is 1. The van der Waals surface area contributed by atoms with E-state index in [0.29, 0.717) is 18.7 Å². The topological polar surface area (TPSA) is 57.2 Å². The third-order valence-corrected chi connectivity index (χ3v) is 4.02. The van der Waals surface area contributed by atoms with Crippen LogP contribution >= 0.6 is 0 Å². The fraction of sp³-hybridized carbons (Fsp3) is 0.389. The van der Waals surface area contributed by atoms with E-state index < -0.39 is 0 Å². The maximum absolute atomic E-state index is 12.7. The van der Waals surface area contributed by atoms with Gasteiger partial charge in [0.2, 0.25) is 0 Å². The highest BCUT2D eigenvalue weighted by Gasteiger charge is 2.13. The van der Waals surface area contributed by atoms with E-state index in [-0.39, 0.29) is 11.6 Å². The molecule has 0 aliphatic heterocycles. The van der Waals surface area contributed by atoms with Crippen LogP contribution in [-0.2, 0) is 11.3 Å². The Bertz CT molecular complexity index is 718. The quantitative estimate of drug-likeness (QED) is 0.923. The average Bonchev–Trinajstić information content (AvgIpc) is 2.48. The van der Waals surface area contributed by atoms with Crippen LogP contribution in [0.2, 0.25) is 0 Å².